The van der Waals surface area contributed by atoms with Crippen molar-refractivity contribution in [3.8, 4) is 0 Å². The van der Waals surface area contributed by atoms with Gasteiger partial charge in [-0.2, -0.15) is 0 Å². The van der Waals surface area contributed by atoms with Gasteiger partial charge in [0.2, 0.25) is 0 Å². The van der Waals surface area contributed by atoms with Crippen LogP contribution >= 0.6 is 0 Å². The maximum Gasteiger partial charge on any atom is 0.148 e. The Kier molecular flexibility index (Phi) is 3.12. The molecule has 0 fully saturated rings. The van der Waals surface area contributed by atoms with Crippen LogP contribution in [0.3, 0.4) is 0 Å². The first-order chi connectivity index (χ1) is 6.52. The zero-order valence-corrected chi connectivity index (χ0v) is 8.55. The summed E-state index contributed by atoms with van der Waals surface area (Å²) in [4.78, 5) is 1.76. The highest BCUT2D eigenvalue weighted by atomic mass is 19.1. The number of benzene rings is 1. The quantitative estimate of drug-likeness (QED) is 0.591. The summed E-state index contributed by atoms with van der Waals surface area (Å²) in [5.41, 5.74) is 7.55. The largest absolute Gasteiger partial charge is 0.397 e. The standard InChI is InChI=1S/C11H15FN2/c1-8(2)7-14(3)11-9(12)5-4-6-10(11)13/h4-6H,1,7,13H2,2-3H3. The molecular formula is C11H15FN2. The molecule has 0 aromatic heterocycles. The molecule has 0 saturated carbocycles. The van der Waals surface area contributed by atoms with E-state index in [1.54, 1.807) is 24.1 Å². The van der Waals surface area contributed by atoms with E-state index in [9.17, 15) is 4.39 Å². The van der Waals surface area contributed by atoms with Crippen LogP contribution in [0.1, 0.15) is 6.92 Å². The van der Waals surface area contributed by atoms with Gasteiger partial charge in [-0.1, -0.05) is 18.2 Å². The Morgan fingerprint density at radius 3 is 2.71 bits per heavy atom. The minimum atomic E-state index is -0.297. The molecule has 0 spiro atoms. The molecule has 0 atom stereocenters. The number of para-hydroxylation sites is 1. The molecule has 0 amide bonds. The second kappa shape index (κ2) is 4.13. The third-order valence-electron chi connectivity index (χ3n) is 1.91. The smallest absolute Gasteiger partial charge is 0.148 e. The molecule has 0 bridgehead atoms. The molecule has 2 N–H and O–H groups in total. The summed E-state index contributed by atoms with van der Waals surface area (Å²) < 4.78 is 13.4. The molecule has 14 heavy (non-hydrogen) atoms. The van der Waals surface area contributed by atoms with Crippen molar-refractivity contribution >= 4 is 11.4 Å². The first-order valence-corrected chi connectivity index (χ1v) is 4.42. The van der Waals surface area contributed by atoms with E-state index in [4.69, 9.17) is 5.73 Å². The molecule has 3 heteroatoms. The van der Waals surface area contributed by atoms with Crippen LogP contribution in [0.5, 0.6) is 0 Å². The van der Waals surface area contributed by atoms with Gasteiger partial charge < -0.3 is 10.6 Å². The Labute approximate surface area is 83.8 Å². The van der Waals surface area contributed by atoms with Crippen LogP contribution < -0.4 is 10.6 Å². The number of rotatable bonds is 3. The Hall–Kier alpha value is -1.51. The van der Waals surface area contributed by atoms with Crippen molar-refractivity contribution in [2.75, 3.05) is 24.2 Å². The Morgan fingerprint density at radius 1 is 1.57 bits per heavy atom. The SMILES string of the molecule is C=C(C)CN(C)c1c(N)cccc1F. The van der Waals surface area contributed by atoms with Gasteiger partial charge in [0.25, 0.3) is 0 Å². The van der Waals surface area contributed by atoms with E-state index >= 15 is 0 Å². The van der Waals surface area contributed by atoms with Gasteiger partial charge in [-0.15, -0.1) is 0 Å². The number of hydrogen-bond acceptors (Lipinski definition) is 2. The molecular weight excluding hydrogens is 179 g/mol. The number of nitrogens with zero attached hydrogens (tertiary/aromatic N) is 1. The summed E-state index contributed by atoms with van der Waals surface area (Å²) in [5.74, 6) is -0.297. The fraction of sp³-hybridized carbons (Fsp3) is 0.273. The van der Waals surface area contributed by atoms with E-state index in [1.165, 1.54) is 6.07 Å². The predicted molar refractivity (Wildman–Crippen MR) is 58.9 cm³/mol. The molecule has 1 aromatic carbocycles. The topological polar surface area (TPSA) is 29.3 Å². The normalized spacial score (nSPS) is 9.93. The Bertz CT molecular complexity index is 327. The first-order valence-electron chi connectivity index (χ1n) is 4.42. The number of nitrogens with two attached hydrogens (primary N) is 1. The van der Waals surface area contributed by atoms with E-state index < -0.39 is 0 Å². The van der Waals surface area contributed by atoms with Crippen molar-refractivity contribution in [2.45, 2.75) is 6.92 Å². The van der Waals surface area contributed by atoms with Crippen LogP contribution in [-0.2, 0) is 0 Å². The van der Waals surface area contributed by atoms with Crippen LogP contribution in [0, 0.1) is 5.82 Å². The lowest BCUT2D eigenvalue weighted by atomic mass is 10.2. The lowest BCUT2D eigenvalue weighted by Crippen LogP contribution is -2.21. The number of hydrogen-bond donors (Lipinski definition) is 1. The van der Waals surface area contributed by atoms with Crippen molar-refractivity contribution in [3.05, 3.63) is 36.2 Å². The zero-order chi connectivity index (χ0) is 10.7. The van der Waals surface area contributed by atoms with Gasteiger partial charge in [0.05, 0.1) is 11.4 Å². The molecule has 0 aliphatic heterocycles. The lowest BCUT2D eigenvalue weighted by molar-refractivity contribution is 0.625. The van der Waals surface area contributed by atoms with Gasteiger partial charge in [-0.05, 0) is 19.1 Å². The number of halogens is 1. The van der Waals surface area contributed by atoms with Gasteiger partial charge in [0.15, 0.2) is 0 Å². The van der Waals surface area contributed by atoms with E-state index in [-0.39, 0.29) is 5.82 Å². The summed E-state index contributed by atoms with van der Waals surface area (Å²) in [7, 11) is 1.80. The third kappa shape index (κ3) is 2.25. The van der Waals surface area contributed by atoms with Crippen molar-refractivity contribution in [3.63, 3.8) is 0 Å². The van der Waals surface area contributed by atoms with E-state index in [1.807, 2.05) is 6.92 Å². The average molecular weight is 194 g/mol. The molecule has 0 unspecified atom stereocenters. The van der Waals surface area contributed by atoms with Gasteiger partial charge in [0, 0.05) is 13.6 Å². The molecule has 0 aliphatic carbocycles. The van der Waals surface area contributed by atoms with E-state index in [2.05, 4.69) is 6.58 Å². The lowest BCUT2D eigenvalue weighted by Gasteiger charge is -2.21. The van der Waals surface area contributed by atoms with Crippen LogP contribution in [0.15, 0.2) is 30.4 Å². The van der Waals surface area contributed by atoms with Crippen LogP contribution in [0.4, 0.5) is 15.8 Å². The van der Waals surface area contributed by atoms with Crippen molar-refractivity contribution < 1.29 is 4.39 Å². The maximum absolute atomic E-state index is 13.4. The van der Waals surface area contributed by atoms with Gasteiger partial charge in [-0.3, -0.25) is 0 Å². The second-order valence-electron chi connectivity index (χ2n) is 3.49. The third-order valence-corrected chi connectivity index (χ3v) is 1.91. The Morgan fingerprint density at radius 2 is 2.21 bits per heavy atom. The fourth-order valence-electron chi connectivity index (χ4n) is 1.42. The molecule has 76 valence electrons. The number of anilines is 2. The molecule has 0 saturated heterocycles. The fourth-order valence-corrected chi connectivity index (χ4v) is 1.42. The van der Waals surface area contributed by atoms with Gasteiger partial charge in [-0.25, -0.2) is 4.39 Å². The molecule has 1 aromatic rings. The summed E-state index contributed by atoms with van der Waals surface area (Å²) in [6.07, 6.45) is 0. The van der Waals surface area contributed by atoms with Crippen molar-refractivity contribution in [1.82, 2.24) is 0 Å². The first kappa shape index (κ1) is 10.6. The molecule has 1 rings (SSSR count). The van der Waals surface area contributed by atoms with Crippen molar-refractivity contribution in [1.29, 1.82) is 0 Å². The summed E-state index contributed by atoms with van der Waals surface area (Å²) in [6.45, 7) is 6.27. The average Bonchev–Trinajstić information content (AvgIpc) is 2.01. The summed E-state index contributed by atoms with van der Waals surface area (Å²) in [6, 6.07) is 4.69. The summed E-state index contributed by atoms with van der Waals surface area (Å²) >= 11 is 0. The van der Waals surface area contributed by atoms with Crippen LogP contribution in [-0.4, -0.2) is 13.6 Å². The maximum atomic E-state index is 13.4. The molecule has 0 radical (unpaired) electrons. The highest BCUT2D eigenvalue weighted by molar-refractivity contribution is 5.68. The molecule has 0 aliphatic rings. The molecule has 0 heterocycles. The van der Waals surface area contributed by atoms with E-state index in [0.29, 0.717) is 17.9 Å². The highest BCUT2D eigenvalue weighted by Crippen LogP contribution is 2.25. The summed E-state index contributed by atoms with van der Waals surface area (Å²) in [5, 5.41) is 0. The molecule has 2 nitrogen and oxygen atoms in total. The predicted octanol–water partition coefficient (Wildman–Crippen LogP) is 2.42. The van der Waals surface area contributed by atoms with Gasteiger partial charge >= 0.3 is 0 Å². The van der Waals surface area contributed by atoms with Crippen molar-refractivity contribution in [2.24, 2.45) is 0 Å². The minimum Gasteiger partial charge on any atom is -0.397 e. The number of nitrogen functional groups attached to an aromatic ring is 1. The number of likely N-dealkylation sites (N-methyl/N-ethyl adjacent to an activating group) is 1. The van der Waals surface area contributed by atoms with Crippen LogP contribution in [0.25, 0.3) is 0 Å². The highest BCUT2D eigenvalue weighted by Gasteiger charge is 2.10. The minimum absolute atomic E-state index is 0.297. The van der Waals surface area contributed by atoms with Gasteiger partial charge in [0.1, 0.15) is 5.82 Å². The Balaban J connectivity index is 2.99. The zero-order valence-electron chi connectivity index (χ0n) is 8.55. The second-order valence-corrected chi connectivity index (χ2v) is 3.49. The van der Waals surface area contributed by atoms with E-state index in [0.717, 1.165) is 5.57 Å². The monoisotopic (exact) mass is 194 g/mol. The van der Waals surface area contributed by atoms with Crippen LogP contribution in [0.2, 0.25) is 0 Å².